The normalized spacial score (nSPS) is 14.4. The Kier molecular flexibility index (Phi) is 4.22. The number of nitrogens with one attached hydrogen (secondary N) is 2. The van der Waals surface area contributed by atoms with E-state index in [9.17, 15) is 18.3 Å². The topological polar surface area (TPSA) is 126 Å². The number of para-hydroxylation sites is 2. The van der Waals surface area contributed by atoms with Crippen LogP contribution in [-0.4, -0.2) is 29.0 Å². The molecule has 2 aromatic carbocycles. The third kappa shape index (κ3) is 3.09. The summed E-state index contributed by atoms with van der Waals surface area (Å²) >= 11 is 0. The molecule has 3 N–H and O–H groups in total. The second kappa shape index (κ2) is 6.96. The summed E-state index contributed by atoms with van der Waals surface area (Å²) in [6.45, 7) is 0. The number of fused-ring (bicyclic) bond motifs is 2. The fourth-order valence-corrected chi connectivity index (χ4v) is 4.51. The Bertz CT molecular complexity index is 1530. The standard InChI is InChI=1S/C21H15N5O4S/c27-18-14-9-6-12-22-20(14)26(24-13-7-2-1-3-8-13)21(28)17(18)19-23-15-10-4-5-11-16(15)31(29,30)25-19/h1-12,24,27H,(H,23,25). The molecule has 2 aromatic heterocycles. The van der Waals surface area contributed by atoms with Crippen LogP contribution >= 0.6 is 0 Å². The van der Waals surface area contributed by atoms with Gasteiger partial charge in [-0.25, -0.2) is 4.98 Å². The van der Waals surface area contributed by atoms with Crippen LogP contribution in [0.15, 0.2) is 87.0 Å². The molecule has 0 spiro atoms. The average Bonchev–Trinajstić information content (AvgIpc) is 2.77. The van der Waals surface area contributed by atoms with Crippen molar-refractivity contribution in [3.05, 3.63) is 88.8 Å². The van der Waals surface area contributed by atoms with Gasteiger partial charge in [0.05, 0.1) is 16.8 Å². The maximum absolute atomic E-state index is 13.4. The van der Waals surface area contributed by atoms with Crippen LogP contribution in [0.25, 0.3) is 11.0 Å². The Hall–Kier alpha value is -4.18. The van der Waals surface area contributed by atoms with Crippen molar-refractivity contribution in [3.8, 4) is 5.75 Å². The minimum Gasteiger partial charge on any atom is -0.506 e. The maximum Gasteiger partial charge on any atom is 0.286 e. The number of rotatable bonds is 3. The van der Waals surface area contributed by atoms with Gasteiger partial charge in [0, 0.05) is 6.20 Å². The van der Waals surface area contributed by atoms with Gasteiger partial charge in [0.25, 0.3) is 15.6 Å². The number of benzene rings is 2. The van der Waals surface area contributed by atoms with Crippen molar-refractivity contribution >= 4 is 38.3 Å². The van der Waals surface area contributed by atoms with Gasteiger partial charge in [0.1, 0.15) is 16.2 Å². The van der Waals surface area contributed by atoms with E-state index >= 15 is 0 Å². The Morgan fingerprint density at radius 2 is 1.71 bits per heavy atom. The van der Waals surface area contributed by atoms with Crippen LogP contribution in [0.5, 0.6) is 5.75 Å². The highest BCUT2D eigenvalue weighted by molar-refractivity contribution is 7.90. The van der Waals surface area contributed by atoms with E-state index in [0.717, 1.165) is 4.68 Å². The lowest BCUT2D eigenvalue weighted by atomic mass is 10.1. The first-order valence-corrected chi connectivity index (χ1v) is 10.7. The van der Waals surface area contributed by atoms with Crippen molar-refractivity contribution in [1.82, 2.24) is 9.66 Å². The molecular weight excluding hydrogens is 418 g/mol. The third-order valence-electron chi connectivity index (χ3n) is 4.79. The lowest BCUT2D eigenvalue weighted by molar-refractivity contribution is 0.478. The van der Waals surface area contributed by atoms with E-state index < -0.39 is 21.3 Å². The molecule has 0 saturated carbocycles. The molecule has 1 aliphatic heterocycles. The molecule has 0 amide bonds. The summed E-state index contributed by atoms with van der Waals surface area (Å²) in [5.41, 5.74) is 3.00. The van der Waals surface area contributed by atoms with Crippen molar-refractivity contribution in [1.29, 1.82) is 0 Å². The molecular formula is C21H15N5O4S. The zero-order valence-electron chi connectivity index (χ0n) is 15.9. The number of anilines is 2. The van der Waals surface area contributed by atoms with Gasteiger partial charge >= 0.3 is 0 Å². The monoisotopic (exact) mass is 433 g/mol. The van der Waals surface area contributed by atoms with Crippen LogP contribution in [0.4, 0.5) is 11.4 Å². The highest BCUT2D eigenvalue weighted by Gasteiger charge is 2.30. The molecule has 31 heavy (non-hydrogen) atoms. The van der Waals surface area contributed by atoms with E-state index in [1.54, 1.807) is 54.6 Å². The Labute approximate surface area is 176 Å². The lowest BCUT2D eigenvalue weighted by Gasteiger charge is -2.20. The number of aromatic nitrogens is 2. The van der Waals surface area contributed by atoms with E-state index in [-0.39, 0.29) is 33.0 Å². The number of amidine groups is 1. The molecule has 0 fully saturated rings. The predicted octanol–water partition coefficient (Wildman–Crippen LogP) is 2.54. The summed E-state index contributed by atoms with van der Waals surface area (Å²) < 4.78 is 30.3. The summed E-state index contributed by atoms with van der Waals surface area (Å²) in [5, 5.41) is 14.0. The predicted molar refractivity (Wildman–Crippen MR) is 117 cm³/mol. The van der Waals surface area contributed by atoms with Crippen LogP contribution in [0.2, 0.25) is 0 Å². The van der Waals surface area contributed by atoms with Crippen molar-refractivity contribution in [2.75, 3.05) is 10.7 Å². The van der Waals surface area contributed by atoms with E-state index in [2.05, 4.69) is 20.1 Å². The first-order valence-electron chi connectivity index (χ1n) is 9.22. The van der Waals surface area contributed by atoms with Crippen molar-refractivity contribution in [2.24, 2.45) is 4.40 Å². The first-order chi connectivity index (χ1) is 15.0. The summed E-state index contributed by atoms with van der Waals surface area (Å²) in [4.78, 5) is 17.6. The smallest absolute Gasteiger partial charge is 0.286 e. The SMILES string of the molecule is O=c1c(C2=NS(=O)(=O)c3ccccc3N2)c(O)c2cccnc2n1Nc1ccccc1. The summed E-state index contributed by atoms with van der Waals surface area (Å²) in [6.07, 6.45) is 1.49. The molecule has 0 atom stereocenters. The Morgan fingerprint density at radius 1 is 0.968 bits per heavy atom. The van der Waals surface area contributed by atoms with Gasteiger partial charge < -0.3 is 10.4 Å². The van der Waals surface area contributed by atoms with Crippen molar-refractivity contribution < 1.29 is 13.5 Å². The quantitative estimate of drug-likeness (QED) is 0.453. The summed E-state index contributed by atoms with van der Waals surface area (Å²) in [6, 6.07) is 18.3. The fourth-order valence-electron chi connectivity index (χ4n) is 3.39. The number of hydrogen-bond donors (Lipinski definition) is 3. The Balaban J connectivity index is 1.77. The van der Waals surface area contributed by atoms with Crippen molar-refractivity contribution in [2.45, 2.75) is 4.90 Å². The number of pyridine rings is 2. The van der Waals surface area contributed by atoms with E-state index in [1.165, 1.54) is 12.3 Å². The van der Waals surface area contributed by atoms with Crippen LogP contribution in [0, 0.1) is 0 Å². The number of nitrogens with zero attached hydrogens (tertiary/aromatic N) is 3. The molecule has 10 heteroatoms. The van der Waals surface area contributed by atoms with Gasteiger partial charge in [-0.05, 0) is 36.4 Å². The van der Waals surface area contributed by atoms with Crippen LogP contribution in [0.3, 0.4) is 0 Å². The van der Waals surface area contributed by atoms with E-state index in [0.29, 0.717) is 5.69 Å². The largest absolute Gasteiger partial charge is 0.506 e. The van der Waals surface area contributed by atoms with E-state index in [4.69, 9.17) is 0 Å². The zero-order valence-corrected chi connectivity index (χ0v) is 16.7. The van der Waals surface area contributed by atoms with Crippen LogP contribution in [0.1, 0.15) is 5.56 Å². The second-order valence-electron chi connectivity index (χ2n) is 6.75. The van der Waals surface area contributed by atoms with Crippen molar-refractivity contribution in [3.63, 3.8) is 0 Å². The van der Waals surface area contributed by atoms with E-state index in [1.807, 2.05) is 6.07 Å². The van der Waals surface area contributed by atoms with Gasteiger partial charge in [-0.15, -0.1) is 4.40 Å². The average molecular weight is 433 g/mol. The summed E-state index contributed by atoms with van der Waals surface area (Å²) in [5.74, 6) is -0.685. The van der Waals surface area contributed by atoms with Gasteiger partial charge in [-0.2, -0.15) is 13.1 Å². The molecule has 4 aromatic rings. The molecule has 0 saturated heterocycles. The minimum atomic E-state index is -4.07. The highest BCUT2D eigenvalue weighted by Crippen LogP contribution is 2.31. The molecule has 0 radical (unpaired) electrons. The number of hydrogen-bond acceptors (Lipinski definition) is 7. The number of sulfonamides is 1. The Morgan fingerprint density at radius 3 is 2.52 bits per heavy atom. The summed E-state index contributed by atoms with van der Waals surface area (Å²) in [7, 11) is -4.07. The first kappa shape index (κ1) is 18.8. The molecule has 9 nitrogen and oxygen atoms in total. The molecule has 3 heterocycles. The highest BCUT2D eigenvalue weighted by atomic mass is 32.2. The molecule has 0 aliphatic carbocycles. The minimum absolute atomic E-state index is 0.0107. The van der Waals surface area contributed by atoms with Gasteiger partial charge in [-0.3, -0.25) is 10.2 Å². The number of aromatic hydroxyl groups is 1. The maximum atomic E-state index is 13.4. The van der Waals surface area contributed by atoms with Crippen LogP contribution < -0.4 is 16.3 Å². The van der Waals surface area contributed by atoms with Gasteiger partial charge in [-0.1, -0.05) is 30.3 Å². The van der Waals surface area contributed by atoms with Crippen LogP contribution in [-0.2, 0) is 10.0 Å². The lowest BCUT2D eigenvalue weighted by Crippen LogP contribution is -2.35. The molecule has 0 unspecified atom stereocenters. The van der Waals surface area contributed by atoms with Gasteiger partial charge in [0.15, 0.2) is 11.5 Å². The molecule has 154 valence electrons. The third-order valence-corrected chi connectivity index (χ3v) is 6.12. The molecule has 0 bridgehead atoms. The second-order valence-corrected chi connectivity index (χ2v) is 8.33. The molecule has 5 rings (SSSR count). The zero-order chi connectivity index (χ0) is 21.6. The fraction of sp³-hybridized carbons (Fsp3) is 0. The van der Waals surface area contributed by atoms with Gasteiger partial charge in [0.2, 0.25) is 0 Å². The molecule has 1 aliphatic rings.